The van der Waals surface area contributed by atoms with Crippen molar-refractivity contribution in [3.8, 4) is 0 Å². The molecule has 6 atom stereocenters. The van der Waals surface area contributed by atoms with E-state index in [1.807, 2.05) is 0 Å². The first-order chi connectivity index (χ1) is 51.9. The van der Waals surface area contributed by atoms with E-state index in [4.69, 9.17) is 37.0 Å². The molecule has 0 heterocycles. The number of unbranched alkanes of at least 4 members (excludes halogenated alkanes) is 56. The van der Waals surface area contributed by atoms with Crippen LogP contribution in [0.4, 0.5) is 0 Å². The van der Waals surface area contributed by atoms with Crippen molar-refractivity contribution in [1.29, 1.82) is 0 Å². The number of carbonyl (C=O) groups excluding carboxylic acids is 4. The highest BCUT2D eigenvalue weighted by atomic mass is 31.2. The molecule has 0 aliphatic heterocycles. The quantitative estimate of drug-likeness (QED) is 0.0222. The van der Waals surface area contributed by atoms with Gasteiger partial charge in [-0.05, 0) is 37.5 Å². The number of aliphatic hydroxyl groups is 1. The van der Waals surface area contributed by atoms with Gasteiger partial charge in [0, 0.05) is 25.7 Å². The van der Waals surface area contributed by atoms with Gasteiger partial charge in [0.2, 0.25) is 0 Å². The maximum absolute atomic E-state index is 13.2. The summed E-state index contributed by atoms with van der Waals surface area (Å²) in [5.74, 6) is -0.448. The van der Waals surface area contributed by atoms with Gasteiger partial charge in [-0.25, -0.2) is 9.13 Å². The number of aliphatic hydroxyl groups excluding tert-OH is 1. The van der Waals surface area contributed by atoms with Crippen LogP contribution in [-0.2, 0) is 65.4 Å². The molecule has 636 valence electrons. The topological polar surface area (TPSA) is 237 Å². The molecule has 0 aromatic rings. The molecule has 0 rings (SSSR count). The predicted molar refractivity (Wildman–Crippen MR) is 442 cm³/mol. The monoisotopic (exact) mass is 1560 g/mol. The van der Waals surface area contributed by atoms with Crippen LogP contribution in [0.15, 0.2) is 0 Å². The van der Waals surface area contributed by atoms with Crippen molar-refractivity contribution in [2.24, 2.45) is 11.8 Å². The molecule has 0 saturated carbocycles. The van der Waals surface area contributed by atoms with Gasteiger partial charge in [-0.1, -0.05) is 420 Å². The van der Waals surface area contributed by atoms with Gasteiger partial charge in [0.25, 0.3) is 0 Å². The normalized spacial score (nSPS) is 14.0. The number of hydrogen-bond acceptors (Lipinski definition) is 15. The lowest BCUT2D eigenvalue weighted by molar-refractivity contribution is -0.161. The first-order valence-corrected chi connectivity index (χ1v) is 48.5. The van der Waals surface area contributed by atoms with Crippen LogP contribution >= 0.6 is 15.6 Å². The summed E-state index contributed by atoms with van der Waals surface area (Å²) < 4.78 is 68.8. The summed E-state index contributed by atoms with van der Waals surface area (Å²) in [6, 6.07) is 0. The Hall–Kier alpha value is -1.94. The van der Waals surface area contributed by atoms with Crippen LogP contribution in [0.1, 0.15) is 472 Å². The number of rotatable bonds is 87. The zero-order valence-electron chi connectivity index (χ0n) is 70.5. The number of hydrogen-bond donors (Lipinski definition) is 3. The van der Waals surface area contributed by atoms with Gasteiger partial charge in [0.1, 0.15) is 19.3 Å². The maximum Gasteiger partial charge on any atom is 0.472 e. The highest BCUT2D eigenvalue weighted by Gasteiger charge is 2.31. The zero-order valence-corrected chi connectivity index (χ0v) is 72.2. The Morgan fingerprint density at radius 3 is 0.710 bits per heavy atom. The molecule has 0 fully saturated rings. The molecule has 0 spiro atoms. The zero-order chi connectivity index (χ0) is 78.5. The highest BCUT2D eigenvalue weighted by Crippen LogP contribution is 2.45. The minimum atomic E-state index is -4.97. The minimum Gasteiger partial charge on any atom is -0.462 e. The summed E-state index contributed by atoms with van der Waals surface area (Å²) in [6.07, 6.45) is 72.5. The van der Waals surface area contributed by atoms with E-state index >= 15 is 0 Å². The SMILES string of the molecule is CCCCCCCCCCCCCCCCCCCCCCCCC(=O)OC[C@H](COP(=O)(O)OC[C@@H](O)COP(=O)(O)OC[C@@H](COC(=O)CCCCCCCCC)OC(=O)CCCCCCCCCCCCCCCC(C)C)OC(=O)CCCCCCCCCCCCCCCCCCCCC(C)CC. The molecule has 0 bridgehead atoms. The number of phosphoric ester groups is 2. The number of ether oxygens (including phenoxy) is 4. The van der Waals surface area contributed by atoms with E-state index in [0.29, 0.717) is 25.7 Å². The van der Waals surface area contributed by atoms with Crippen molar-refractivity contribution in [2.45, 2.75) is 490 Å². The van der Waals surface area contributed by atoms with Gasteiger partial charge < -0.3 is 33.8 Å². The molecule has 19 heteroatoms. The van der Waals surface area contributed by atoms with Crippen LogP contribution in [0.2, 0.25) is 0 Å². The molecule has 17 nitrogen and oxygen atoms in total. The van der Waals surface area contributed by atoms with Crippen LogP contribution in [-0.4, -0.2) is 96.7 Å². The van der Waals surface area contributed by atoms with E-state index in [-0.39, 0.29) is 25.7 Å². The average Bonchev–Trinajstić information content (AvgIpc) is 0.904. The Balaban J connectivity index is 5.15. The Morgan fingerprint density at radius 2 is 0.477 bits per heavy atom. The summed E-state index contributed by atoms with van der Waals surface area (Å²) >= 11 is 0. The number of phosphoric acid groups is 2. The molecule has 0 aromatic heterocycles. The number of esters is 4. The lowest BCUT2D eigenvalue weighted by atomic mass is 9.99. The van der Waals surface area contributed by atoms with E-state index in [9.17, 15) is 43.2 Å². The van der Waals surface area contributed by atoms with Gasteiger partial charge in [0.05, 0.1) is 26.4 Å². The number of carbonyl (C=O) groups is 4. The molecule has 3 N–H and O–H groups in total. The van der Waals surface area contributed by atoms with Crippen molar-refractivity contribution >= 4 is 39.5 Å². The average molecular weight is 1560 g/mol. The lowest BCUT2D eigenvalue weighted by Crippen LogP contribution is -2.30. The molecule has 0 saturated heterocycles. The molecule has 0 aromatic carbocycles. The fourth-order valence-electron chi connectivity index (χ4n) is 13.7. The predicted octanol–water partition coefficient (Wildman–Crippen LogP) is 27.0. The summed E-state index contributed by atoms with van der Waals surface area (Å²) in [5.41, 5.74) is 0. The van der Waals surface area contributed by atoms with Gasteiger partial charge in [-0.3, -0.25) is 37.3 Å². The maximum atomic E-state index is 13.2. The first kappa shape index (κ1) is 105. The third kappa shape index (κ3) is 80.5. The van der Waals surface area contributed by atoms with Crippen molar-refractivity contribution in [2.75, 3.05) is 39.6 Å². The van der Waals surface area contributed by atoms with Crippen LogP contribution in [0, 0.1) is 11.8 Å². The Bertz CT molecular complexity index is 2050. The second kappa shape index (κ2) is 79.3. The van der Waals surface area contributed by atoms with E-state index in [1.165, 1.54) is 276 Å². The summed E-state index contributed by atoms with van der Waals surface area (Å²) in [5, 5.41) is 10.7. The van der Waals surface area contributed by atoms with Gasteiger partial charge in [-0.2, -0.15) is 0 Å². The van der Waals surface area contributed by atoms with Crippen LogP contribution in [0.3, 0.4) is 0 Å². The molecule has 3 unspecified atom stereocenters. The molecule has 0 amide bonds. The van der Waals surface area contributed by atoms with Crippen molar-refractivity contribution < 1.29 is 80.2 Å². The van der Waals surface area contributed by atoms with E-state index < -0.39 is 97.5 Å². The van der Waals surface area contributed by atoms with Crippen molar-refractivity contribution in [1.82, 2.24) is 0 Å². The molecule has 0 aliphatic rings. The molecular weight excluding hydrogens is 1390 g/mol. The summed E-state index contributed by atoms with van der Waals surface area (Å²) in [4.78, 5) is 73.1. The van der Waals surface area contributed by atoms with Crippen molar-refractivity contribution in [3.63, 3.8) is 0 Å². The second-order valence-corrected chi connectivity index (χ2v) is 35.3. The molecule has 0 radical (unpaired) electrons. The standard InChI is InChI=1S/C88H172O17P2/c1-7-10-12-14-16-17-18-19-20-21-22-23-24-25-29-32-37-42-47-53-59-65-71-86(91)99-77-84(105-88(93)72-66-60-54-48-43-38-33-30-27-26-28-31-36-41-46-52-57-63-69-81(6)9-3)79-103-107(96,97)101-75-82(89)74-100-106(94,95)102-78-83(76-98-85(90)70-64-58-50-15-13-11-8-2)104-87(92)73-67-61-55-49-44-39-34-35-40-45-51-56-62-68-80(4)5/h80-84,89H,7-79H2,1-6H3,(H,94,95)(H,96,97)/t81?,82-,83+,84+/m0/s1. The van der Waals surface area contributed by atoms with E-state index in [2.05, 4.69) is 41.5 Å². The fraction of sp³-hybridized carbons (Fsp3) is 0.955. The Labute approximate surface area is 658 Å². The van der Waals surface area contributed by atoms with Crippen LogP contribution in [0.5, 0.6) is 0 Å². The lowest BCUT2D eigenvalue weighted by Gasteiger charge is -2.21. The fourth-order valence-corrected chi connectivity index (χ4v) is 15.3. The van der Waals surface area contributed by atoms with E-state index in [1.54, 1.807) is 0 Å². The van der Waals surface area contributed by atoms with Crippen LogP contribution < -0.4 is 0 Å². The van der Waals surface area contributed by atoms with Gasteiger partial charge in [-0.15, -0.1) is 0 Å². The molecule has 107 heavy (non-hydrogen) atoms. The minimum absolute atomic E-state index is 0.107. The smallest absolute Gasteiger partial charge is 0.462 e. The third-order valence-corrected chi connectivity index (χ3v) is 23.0. The van der Waals surface area contributed by atoms with Gasteiger partial charge in [0.15, 0.2) is 12.2 Å². The Kier molecular flexibility index (Phi) is 77.9. The molecule has 0 aliphatic carbocycles. The third-order valence-electron chi connectivity index (χ3n) is 21.1. The van der Waals surface area contributed by atoms with E-state index in [0.717, 1.165) is 115 Å². The Morgan fingerprint density at radius 1 is 0.271 bits per heavy atom. The van der Waals surface area contributed by atoms with Gasteiger partial charge >= 0.3 is 39.5 Å². The highest BCUT2D eigenvalue weighted by molar-refractivity contribution is 7.47. The second-order valence-electron chi connectivity index (χ2n) is 32.4. The largest absolute Gasteiger partial charge is 0.472 e. The molecular formula is C88H172O17P2. The van der Waals surface area contributed by atoms with Crippen LogP contribution in [0.25, 0.3) is 0 Å². The first-order valence-electron chi connectivity index (χ1n) is 45.5. The summed E-state index contributed by atoms with van der Waals surface area (Å²) in [6.45, 7) is 9.71. The summed E-state index contributed by atoms with van der Waals surface area (Å²) in [7, 11) is -9.92. The van der Waals surface area contributed by atoms with Crippen molar-refractivity contribution in [3.05, 3.63) is 0 Å².